The van der Waals surface area contributed by atoms with Crippen LogP contribution in [0.4, 0.5) is 19.0 Å². The van der Waals surface area contributed by atoms with Gasteiger partial charge in [0.2, 0.25) is 0 Å². The number of carbonyl (C=O) groups is 2. The van der Waals surface area contributed by atoms with Crippen molar-refractivity contribution < 1.29 is 37.3 Å². The Morgan fingerprint density at radius 2 is 1.91 bits per heavy atom. The molecule has 1 N–H and O–H groups in total. The predicted molar refractivity (Wildman–Crippen MR) is 118 cm³/mol. The van der Waals surface area contributed by atoms with E-state index in [9.17, 15) is 22.8 Å². The van der Waals surface area contributed by atoms with Crippen LogP contribution in [0.5, 0.6) is 5.75 Å². The molecule has 0 amide bonds. The molecule has 0 aliphatic rings. The first-order chi connectivity index (χ1) is 16.0. The van der Waals surface area contributed by atoms with E-state index < -0.39 is 23.5 Å². The van der Waals surface area contributed by atoms with E-state index in [1.165, 1.54) is 0 Å². The predicted octanol–water partition coefficient (Wildman–Crippen LogP) is 4.47. The lowest BCUT2D eigenvalue weighted by Crippen LogP contribution is -2.28. The number of carbonyl (C=O) groups excluding carboxylic acids is 2. The van der Waals surface area contributed by atoms with Crippen molar-refractivity contribution in [1.29, 1.82) is 0 Å². The summed E-state index contributed by atoms with van der Waals surface area (Å²) in [7, 11) is 0. The fourth-order valence-electron chi connectivity index (χ4n) is 3.01. The van der Waals surface area contributed by atoms with Gasteiger partial charge in [-0.15, -0.1) is 6.42 Å². The first-order valence-electron chi connectivity index (χ1n) is 10.4. The number of benzene rings is 1. The summed E-state index contributed by atoms with van der Waals surface area (Å²) in [6.45, 7) is 4.55. The molecule has 2 aromatic rings. The summed E-state index contributed by atoms with van der Waals surface area (Å²) in [6, 6.07) is 10.8. The Kier molecular flexibility index (Phi) is 9.30. The molecule has 0 aliphatic heterocycles. The summed E-state index contributed by atoms with van der Waals surface area (Å²) < 4.78 is 42.1. The minimum atomic E-state index is -5.25. The molecule has 0 bridgehead atoms. The van der Waals surface area contributed by atoms with Crippen molar-refractivity contribution in [2.45, 2.75) is 39.3 Å². The quantitative estimate of drug-likeness (QED) is 0.233. The van der Waals surface area contributed by atoms with Gasteiger partial charge in [-0.3, -0.25) is 0 Å². The van der Waals surface area contributed by atoms with Gasteiger partial charge in [0.15, 0.2) is 0 Å². The Hall–Kier alpha value is -3.74. The number of aromatic nitrogens is 1. The summed E-state index contributed by atoms with van der Waals surface area (Å²) in [6.07, 6.45) is 2.83. The molecule has 0 unspecified atom stereocenters. The molecule has 1 heterocycles. The van der Waals surface area contributed by atoms with E-state index >= 15 is 0 Å². The van der Waals surface area contributed by atoms with Crippen LogP contribution in [0.15, 0.2) is 42.6 Å². The van der Waals surface area contributed by atoms with Gasteiger partial charge >= 0.3 is 18.1 Å². The van der Waals surface area contributed by atoms with Crippen molar-refractivity contribution >= 4 is 17.8 Å². The van der Waals surface area contributed by atoms with E-state index in [0.717, 1.165) is 17.8 Å². The van der Waals surface area contributed by atoms with E-state index in [0.29, 0.717) is 30.9 Å². The molecule has 10 heteroatoms. The van der Waals surface area contributed by atoms with Crippen LogP contribution < -0.4 is 10.1 Å². The Morgan fingerprint density at radius 1 is 1.15 bits per heavy atom. The van der Waals surface area contributed by atoms with Crippen molar-refractivity contribution in [2.75, 3.05) is 18.5 Å². The molecule has 0 fully saturated rings. The van der Waals surface area contributed by atoms with Crippen molar-refractivity contribution in [1.82, 2.24) is 4.98 Å². The summed E-state index contributed by atoms with van der Waals surface area (Å²) >= 11 is 0. The number of pyridine rings is 1. The van der Waals surface area contributed by atoms with Crippen LogP contribution >= 0.6 is 0 Å². The molecule has 0 spiro atoms. The van der Waals surface area contributed by atoms with Gasteiger partial charge in [-0.05, 0) is 48.1 Å². The molecule has 1 aromatic carbocycles. The van der Waals surface area contributed by atoms with Gasteiger partial charge in [-0.2, -0.15) is 13.2 Å². The average molecular weight is 478 g/mol. The molecule has 0 aliphatic carbocycles. The van der Waals surface area contributed by atoms with E-state index in [4.69, 9.17) is 11.2 Å². The van der Waals surface area contributed by atoms with Crippen molar-refractivity contribution in [2.24, 2.45) is 5.41 Å². The zero-order valence-electron chi connectivity index (χ0n) is 18.8. The maximum atomic E-state index is 12.1. The highest BCUT2D eigenvalue weighted by atomic mass is 19.4. The number of halogens is 3. The van der Waals surface area contributed by atoms with Crippen molar-refractivity contribution in [3.05, 3.63) is 53.7 Å². The lowest BCUT2D eigenvalue weighted by atomic mass is 9.81. The van der Waals surface area contributed by atoms with E-state index in [1.807, 2.05) is 18.2 Å². The Balaban J connectivity index is 1.84. The summed E-state index contributed by atoms with van der Waals surface area (Å²) in [5, 5.41) is 3.18. The Labute approximate surface area is 195 Å². The van der Waals surface area contributed by atoms with Crippen LogP contribution in [-0.4, -0.2) is 36.3 Å². The number of ether oxygens (including phenoxy) is 1. The normalized spacial score (nSPS) is 11.3. The van der Waals surface area contributed by atoms with E-state index in [1.54, 1.807) is 38.2 Å². The van der Waals surface area contributed by atoms with E-state index in [2.05, 4.69) is 26.0 Å². The number of rotatable bonds is 10. The third kappa shape index (κ3) is 9.02. The van der Waals surface area contributed by atoms with Crippen LogP contribution in [0.1, 0.15) is 37.8 Å². The molecule has 182 valence electrons. The van der Waals surface area contributed by atoms with Crippen LogP contribution in [0.2, 0.25) is 0 Å². The Bertz CT molecular complexity index is 1020. The second kappa shape index (κ2) is 11.9. The van der Waals surface area contributed by atoms with Gasteiger partial charge in [-0.25, -0.2) is 24.3 Å². The molecule has 34 heavy (non-hydrogen) atoms. The monoisotopic (exact) mass is 478 g/mol. The number of terminal acetylenes is 1. The summed E-state index contributed by atoms with van der Waals surface area (Å²) in [5.41, 5.74) is 0.568. The number of nitrogens with zero attached hydrogens (tertiary/aromatic N) is 1. The first kappa shape index (κ1) is 26.5. The fraction of sp³-hybridized carbons (Fsp3) is 0.375. The third-order valence-corrected chi connectivity index (χ3v) is 4.53. The molecule has 0 atom stereocenters. The van der Waals surface area contributed by atoms with E-state index in [-0.39, 0.29) is 6.42 Å². The highest BCUT2D eigenvalue weighted by Crippen LogP contribution is 2.30. The molecule has 0 saturated heterocycles. The van der Waals surface area contributed by atoms with Crippen LogP contribution in [0.25, 0.3) is 0 Å². The molecular weight excluding hydrogens is 453 g/mol. The number of alkyl halides is 3. The molecule has 1 aromatic heterocycles. The van der Waals surface area contributed by atoms with Gasteiger partial charge in [0.05, 0.1) is 13.0 Å². The summed E-state index contributed by atoms with van der Waals surface area (Å²) in [5.74, 6) is 0.245. The SMILES string of the molecule is C#Cc1cc(OCCCNc2ccccn2)ccc1CC(C)(C)CC(=O)OOC(=O)C(F)(F)F. The smallest absolute Gasteiger partial charge is 0.493 e. The highest BCUT2D eigenvalue weighted by molar-refractivity contribution is 5.77. The second-order valence-electron chi connectivity index (χ2n) is 8.15. The first-order valence-corrected chi connectivity index (χ1v) is 10.4. The number of anilines is 1. The van der Waals surface area contributed by atoms with Crippen LogP contribution in [-0.2, 0) is 25.8 Å². The number of hydrogen-bond acceptors (Lipinski definition) is 7. The standard InChI is InChI=1S/C24H25F3N2O5/c1-4-17-14-19(32-13-7-12-29-20-8-5-6-11-28-20)10-9-18(17)15-23(2,3)16-21(30)33-34-22(31)24(25,26)27/h1,5-6,8-11,14H,7,12-13,15-16H2,2-3H3,(H,28,29). The molecule has 2 rings (SSSR count). The van der Waals surface area contributed by atoms with Crippen LogP contribution in [0.3, 0.4) is 0 Å². The van der Waals surface area contributed by atoms with Crippen molar-refractivity contribution in [3.63, 3.8) is 0 Å². The average Bonchev–Trinajstić information content (AvgIpc) is 2.77. The van der Waals surface area contributed by atoms with Gasteiger partial charge in [-0.1, -0.05) is 31.9 Å². The molecule has 0 radical (unpaired) electrons. The third-order valence-electron chi connectivity index (χ3n) is 4.53. The summed E-state index contributed by atoms with van der Waals surface area (Å²) in [4.78, 5) is 34.2. The maximum Gasteiger partial charge on any atom is 0.495 e. The fourth-order valence-corrected chi connectivity index (χ4v) is 3.01. The molecule has 7 nitrogen and oxygen atoms in total. The molecular formula is C24H25F3N2O5. The number of nitrogens with one attached hydrogen (secondary N) is 1. The highest BCUT2D eigenvalue weighted by Gasteiger charge is 2.43. The van der Waals surface area contributed by atoms with Gasteiger partial charge in [0.1, 0.15) is 11.6 Å². The van der Waals surface area contributed by atoms with Crippen molar-refractivity contribution in [3.8, 4) is 18.1 Å². The topological polar surface area (TPSA) is 86.8 Å². The van der Waals surface area contributed by atoms with Crippen LogP contribution in [0, 0.1) is 17.8 Å². The number of hydrogen-bond donors (Lipinski definition) is 1. The Morgan fingerprint density at radius 3 is 2.56 bits per heavy atom. The minimum absolute atomic E-state index is 0.302. The minimum Gasteiger partial charge on any atom is -0.493 e. The maximum absolute atomic E-state index is 12.1. The van der Waals surface area contributed by atoms with Gasteiger partial charge < -0.3 is 10.1 Å². The zero-order valence-corrected chi connectivity index (χ0v) is 18.8. The van der Waals surface area contributed by atoms with Gasteiger partial charge in [0.25, 0.3) is 0 Å². The molecule has 0 saturated carbocycles. The zero-order chi connectivity index (χ0) is 25.2. The second-order valence-corrected chi connectivity index (χ2v) is 8.15. The van der Waals surface area contributed by atoms with Gasteiger partial charge in [0, 0.05) is 18.3 Å². The largest absolute Gasteiger partial charge is 0.495 e. The lowest BCUT2D eigenvalue weighted by molar-refractivity contribution is -0.286. The lowest BCUT2D eigenvalue weighted by Gasteiger charge is -2.24.